The number of hydrogen-bond donors (Lipinski definition) is 0. The Balaban J connectivity index is 2.52. The quantitative estimate of drug-likeness (QED) is 0.695. The first-order chi connectivity index (χ1) is 12.8. The van der Waals surface area contributed by atoms with Crippen LogP contribution in [0.4, 0.5) is 0 Å². The molecule has 2 rings (SSSR count). The number of fused-ring (bicyclic) bond motifs is 1. The van der Waals surface area contributed by atoms with Crippen LogP contribution in [-0.2, 0) is 11.8 Å². The molecule has 1 heterocycles. The van der Waals surface area contributed by atoms with Crippen molar-refractivity contribution in [1.82, 2.24) is 14.5 Å². The van der Waals surface area contributed by atoms with Crippen molar-refractivity contribution in [2.24, 2.45) is 18.9 Å². The topological polar surface area (TPSA) is 55.2 Å². The van der Waals surface area contributed by atoms with Crippen molar-refractivity contribution in [2.45, 2.75) is 59.9 Å². The molecule has 0 fully saturated rings. The van der Waals surface area contributed by atoms with E-state index >= 15 is 0 Å². The first-order valence-electron chi connectivity index (χ1n) is 10.0. The van der Waals surface area contributed by atoms with Gasteiger partial charge in [0.15, 0.2) is 0 Å². The summed E-state index contributed by atoms with van der Waals surface area (Å²) in [4.78, 5) is 32.6. The molecule has 0 saturated carbocycles. The standard InChI is InChI=1S/C22H33N3O2/c1-7-19(25(13-12-15(2)3)20(26)14-16(4)5)21-23-18-11-9-8-10-17(18)22(27)24(21)6/h8-11,15-16,19H,7,12-14H2,1-6H3. The number of carbonyl (C=O) groups excluding carboxylic acids is 1. The molecule has 27 heavy (non-hydrogen) atoms. The Kier molecular flexibility index (Phi) is 7.17. The molecule has 0 saturated heterocycles. The summed E-state index contributed by atoms with van der Waals surface area (Å²) in [7, 11) is 1.76. The first-order valence-corrected chi connectivity index (χ1v) is 10.0. The van der Waals surface area contributed by atoms with Crippen molar-refractivity contribution < 1.29 is 4.79 Å². The Labute approximate surface area is 162 Å². The molecule has 5 nitrogen and oxygen atoms in total. The maximum absolute atomic E-state index is 13.0. The zero-order chi connectivity index (χ0) is 20.1. The number of carbonyl (C=O) groups is 1. The summed E-state index contributed by atoms with van der Waals surface area (Å²) in [5, 5.41) is 0.612. The molecule has 0 N–H and O–H groups in total. The molecule has 0 spiro atoms. The van der Waals surface area contributed by atoms with E-state index in [0.29, 0.717) is 41.5 Å². The number of amides is 1. The largest absolute Gasteiger partial charge is 0.333 e. The van der Waals surface area contributed by atoms with E-state index < -0.39 is 0 Å². The van der Waals surface area contributed by atoms with Gasteiger partial charge in [-0.05, 0) is 36.8 Å². The molecular weight excluding hydrogens is 338 g/mol. The van der Waals surface area contributed by atoms with Crippen molar-refractivity contribution in [3.8, 4) is 0 Å². The van der Waals surface area contributed by atoms with E-state index in [2.05, 4.69) is 34.6 Å². The zero-order valence-corrected chi connectivity index (χ0v) is 17.5. The fourth-order valence-corrected chi connectivity index (χ4v) is 3.39. The Morgan fingerprint density at radius 2 is 1.81 bits per heavy atom. The predicted molar refractivity (Wildman–Crippen MR) is 111 cm³/mol. The van der Waals surface area contributed by atoms with Crippen LogP contribution in [0.3, 0.4) is 0 Å². The van der Waals surface area contributed by atoms with Gasteiger partial charge in [0.1, 0.15) is 5.82 Å². The molecule has 0 bridgehead atoms. The van der Waals surface area contributed by atoms with E-state index in [9.17, 15) is 9.59 Å². The van der Waals surface area contributed by atoms with Crippen molar-refractivity contribution >= 4 is 16.8 Å². The molecule has 5 heteroatoms. The minimum Gasteiger partial charge on any atom is -0.333 e. The van der Waals surface area contributed by atoms with Gasteiger partial charge >= 0.3 is 0 Å². The minimum atomic E-state index is -0.197. The Bertz CT molecular complexity index is 839. The van der Waals surface area contributed by atoms with E-state index in [1.807, 2.05) is 23.1 Å². The maximum atomic E-state index is 13.0. The van der Waals surface area contributed by atoms with Crippen LogP contribution in [0.5, 0.6) is 0 Å². The van der Waals surface area contributed by atoms with Crippen LogP contribution in [0.15, 0.2) is 29.1 Å². The third kappa shape index (κ3) is 4.96. The number of benzene rings is 1. The van der Waals surface area contributed by atoms with E-state index in [4.69, 9.17) is 4.98 Å². The van der Waals surface area contributed by atoms with Crippen LogP contribution < -0.4 is 5.56 Å². The molecule has 1 unspecified atom stereocenters. The van der Waals surface area contributed by atoms with Gasteiger partial charge in [0, 0.05) is 20.0 Å². The first kappa shape index (κ1) is 21.1. The monoisotopic (exact) mass is 371 g/mol. The molecule has 2 aromatic rings. The average Bonchev–Trinajstić information content (AvgIpc) is 2.61. The highest BCUT2D eigenvalue weighted by atomic mass is 16.2. The highest BCUT2D eigenvalue weighted by Gasteiger charge is 2.27. The van der Waals surface area contributed by atoms with Crippen LogP contribution in [-0.4, -0.2) is 26.9 Å². The lowest BCUT2D eigenvalue weighted by molar-refractivity contribution is -0.135. The summed E-state index contributed by atoms with van der Waals surface area (Å²) >= 11 is 0. The summed E-state index contributed by atoms with van der Waals surface area (Å²) in [5.74, 6) is 1.61. The van der Waals surface area contributed by atoms with Crippen molar-refractivity contribution in [3.63, 3.8) is 0 Å². The number of hydrogen-bond acceptors (Lipinski definition) is 3. The molecule has 1 aromatic heterocycles. The number of para-hydroxylation sites is 1. The molecule has 0 radical (unpaired) electrons. The van der Waals surface area contributed by atoms with Crippen LogP contribution in [0, 0.1) is 11.8 Å². The van der Waals surface area contributed by atoms with Gasteiger partial charge in [0.25, 0.3) is 5.56 Å². The summed E-state index contributed by atoms with van der Waals surface area (Å²) < 4.78 is 1.61. The van der Waals surface area contributed by atoms with Crippen molar-refractivity contribution in [1.29, 1.82) is 0 Å². The van der Waals surface area contributed by atoms with Crippen LogP contribution in [0.2, 0.25) is 0 Å². The van der Waals surface area contributed by atoms with Gasteiger partial charge in [0.2, 0.25) is 5.91 Å². The Hall–Kier alpha value is -2.17. The summed E-state index contributed by atoms with van der Waals surface area (Å²) in [5.41, 5.74) is 0.628. The summed E-state index contributed by atoms with van der Waals surface area (Å²) in [6.07, 6.45) is 2.17. The summed E-state index contributed by atoms with van der Waals surface area (Å²) in [6.45, 7) is 11.2. The van der Waals surface area contributed by atoms with Gasteiger partial charge in [-0.1, -0.05) is 46.8 Å². The van der Waals surface area contributed by atoms with Gasteiger partial charge in [-0.2, -0.15) is 0 Å². The fourth-order valence-electron chi connectivity index (χ4n) is 3.39. The van der Waals surface area contributed by atoms with Gasteiger partial charge in [-0.25, -0.2) is 4.98 Å². The predicted octanol–water partition coefficient (Wildman–Crippen LogP) is 4.31. The molecular formula is C22H33N3O2. The summed E-state index contributed by atoms with van der Waals surface area (Å²) in [6, 6.07) is 7.21. The van der Waals surface area contributed by atoms with Gasteiger partial charge in [-0.15, -0.1) is 0 Å². The second-order valence-electron chi connectivity index (χ2n) is 8.14. The third-order valence-corrected chi connectivity index (χ3v) is 4.93. The molecule has 1 atom stereocenters. The molecule has 1 aromatic carbocycles. The Morgan fingerprint density at radius 3 is 2.41 bits per heavy atom. The van der Waals surface area contributed by atoms with Crippen LogP contribution in [0.25, 0.3) is 10.9 Å². The molecule has 0 aliphatic heterocycles. The molecule has 0 aliphatic rings. The van der Waals surface area contributed by atoms with E-state index in [1.165, 1.54) is 0 Å². The lowest BCUT2D eigenvalue weighted by Crippen LogP contribution is -2.39. The van der Waals surface area contributed by atoms with E-state index in [1.54, 1.807) is 17.7 Å². The zero-order valence-electron chi connectivity index (χ0n) is 17.5. The van der Waals surface area contributed by atoms with Crippen molar-refractivity contribution in [3.05, 3.63) is 40.4 Å². The van der Waals surface area contributed by atoms with Gasteiger partial charge in [0.05, 0.1) is 16.9 Å². The normalized spacial score (nSPS) is 12.7. The number of aromatic nitrogens is 2. The maximum Gasteiger partial charge on any atom is 0.261 e. The van der Waals surface area contributed by atoms with Crippen molar-refractivity contribution in [2.75, 3.05) is 6.54 Å². The third-order valence-electron chi connectivity index (χ3n) is 4.93. The molecule has 148 valence electrons. The second-order valence-corrected chi connectivity index (χ2v) is 8.14. The van der Waals surface area contributed by atoms with Gasteiger partial charge < -0.3 is 4.90 Å². The van der Waals surface area contributed by atoms with E-state index in [-0.39, 0.29) is 17.5 Å². The molecule has 1 amide bonds. The second kappa shape index (κ2) is 9.16. The smallest absolute Gasteiger partial charge is 0.261 e. The average molecular weight is 372 g/mol. The van der Waals surface area contributed by atoms with Crippen LogP contribution in [0.1, 0.15) is 65.7 Å². The van der Waals surface area contributed by atoms with E-state index in [0.717, 1.165) is 12.8 Å². The lowest BCUT2D eigenvalue weighted by atomic mass is 10.0. The highest BCUT2D eigenvalue weighted by molar-refractivity contribution is 5.78. The van der Waals surface area contributed by atoms with Crippen LogP contribution >= 0.6 is 0 Å². The van der Waals surface area contributed by atoms with Gasteiger partial charge in [-0.3, -0.25) is 14.2 Å². The highest BCUT2D eigenvalue weighted by Crippen LogP contribution is 2.25. The molecule has 0 aliphatic carbocycles. The fraction of sp³-hybridized carbons (Fsp3) is 0.591. The lowest BCUT2D eigenvalue weighted by Gasteiger charge is -2.33. The SMILES string of the molecule is CCC(c1nc2ccccc2c(=O)n1C)N(CCC(C)C)C(=O)CC(C)C. The number of rotatable bonds is 8. The Morgan fingerprint density at radius 1 is 1.15 bits per heavy atom. The number of nitrogens with zero attached hydrogens (tertiary/aromatic N) is 3. The minimum absolute atomic E-state index is 0.0610.